The third kappa shape index (κ3) is 2.16. The van der Waals surface area contributed by atoms with Crippen molar-refractivity contribution in [2.24, 2.45) is 0 Å². The van der Waals surface area contributed by atoms with E-state index in [-0.39, 0.29) is 22.5 Å². The molecule has 6 nitrogen and oxygen atoms in total. The first-order valence-electron chi connectivity index (χ1n) is 6.62. The van der Waals surface area contributed by atoms with Crippen LogP contribution in [-0.4, -0.2) is 27.0 Å². The zero-order valence-electron chi connectivity index (χ0n) is 11.7. The summed E-state index contributed by atoms with van der Waals surface area (Å²) in [4.78, 5) is 12.0. The van der Waals surface area contributed by atoms with Gasteiger partial charge in [-0.25, -0.2) is 0 Å². The Morgan fingerprint density at radius 2 is 2.10 bits per heavy atom. The van der Waals surface area contributed by atoms with Crippen molar-refractivity contribution < 1.29 is 24.5 Å². The predicted molar refractivity (Wildman–Crippen MR) is 74.5 cm³/mol. The van der Waals surface area contributed by atoms with Crippen LogP contribution >= 0.6 is 0 Å². The highest BCUT2D eigenvalue weighted by Crippen LogP contribution is 2.42. The van der Waals surface area contributed by atoms with Gasteiger partial charge in [0.2, 0.25) is 0 Å². The molecule has 2 heterocycles. The molecule has 3 N–H and O–H groups in total. The van der Waals surface area contributed by atoms with E-state index in [4.69, 9.17) is 14.3 Å². The molecule has 0 spiro atoms. The average molecular weight is 292 g/mol. The van der Waals surface area contributed by atoms with E-state index in [1.54, 1.807) is 13.8 Å². The highest BCUT2D eigenvalue weighted by atomic mass is 16.5. The van der Waals surface area contributed by atoms with Crippen LogP contribution in [0.5, 0.6) is 11.5 Å². The molecule has 21 heavy (non-hydrogen) atoms. The Kier molecular flexibility index (Phi) is 2.96. The van der Waals surface area contributed by atoms with Crippen LogP contribution in [0.2, 0.25) is 0 Å². The first kappa shape index (κ1) is 13.9. The normalized spacial score (nSPS) is 17.8. The Morgan fingerprint density at radius 1 is 1.38 bits per heavy atom. The maximum atomic E-state index is 12.0. The number of hydrogen-bond donors (Lipinski definition) is 3. The number of aromatic hydroxyl groups is 1. The van der Waals surface area contributed by atoms with Gasteiger partial charge in [0.15, 0.2) is 5.43 Å². The number of aliphatic hydroxyl groups is 2. The molecule has 0 unspecified atom stereocenters. The van der Waals surface area contributed by atoms with Gasteiger partial charge in [0.25, 0.3) is 0 Å². The molecule has 1 aliphatic heterocycles. The van der Waals surface area contributed by atoms with Gasteiger partial charge in [-0.1, -0.05) is 0 Å². The maximum Gasteiger partial charge on any atom is 0.196 e. The molecular formula is C15H16O6. The second kappa shape index (κ2) is 4.47. The molecule has 1 aliphatic rings. The summed E-state index contributed by atoms with van der Waals surface area (Å²) < 4.78 is 11.0. The van der Waals surface area contributed by atoms with E-state index in [1.807, 2.05) is 0 Å². The zero-order chi connectivity index (χ0) is 15.4. The van der Waals surface area contributed by atoms with Gasteiger partial charge in [0.1, 0.15) is 40.9 Å². The van der Waals surface area contributed by atoms with Crippen LogP contribution in [0.3, 0.4) is 0 Å². The molecule has 0 bridgehead atoms. The number of hydrogen-bond acceptors (Lipinski definition) is 6. The predicted octanol–water partition coefficient (Wildman–Crippen LogP) is 1.07. The minimum absolute atomic E-state index is 0.0611. The van der Waals surface area contributed by atoms with Crippen LogP contribution < -0.4 is 10.2 Å². The number of fused-ring (bicyclic) bond motifs is 2. The summed E-state index contributed by atoms with van der Waals surface area (Å²) in [5.41, 5.74) is -0.865. The molecule has 6 heteroatoms. The fraction of sp³-hybridized carbons (Fsp3) is 0.400. The summed E-state index contributed by atoms with van der Waals surface area (Å²) in [5.74, 6) is 0.307. The average Bonchev–Trinajstić information content (AvgIpc) is 2.82. The maximum absolute atomic E-state index is 12.0. The van der Waals surface area contributed by atoms with Crippen LogP contribution in [0.15, 0.2) is 21.3 Å². The molecule has 1 aromatic carbocycles. The van der Waals surface area contributed by atoms with Gasteiger partial charge >= 0.3 is 0 Å². The Morgan fingerprint density at radius 3 is 2.71 bits per heavy atom. The highest BCUT2D eigenvalue weighted by molar-refractivity contribution is 5.87. The van der Waals surface area contributed by atoms with Crippen LogP contribution in [-0.2, 0) is 13.0 Å². The van der Waals surface area contributed by atoms with Crippen LogP contribution in [0.4, 0.5) is 0 Å². The molecule has 1 atom stereocenters. The van der Waals surface area contributed by atoms with E-state index in [0.29, 0.717) is 17.7 Å². The lowest BCUT2D eigenvalue weighted by Crippen LogP contribution is -2.39. The monoisotopic (exact) mass is 292 g/mol. The summed E-state index contributed by atoms with van der Waals surface area (Å²) >= 11 is 0. The summed E-state index contributed by atoms with van der Waals surface area (Å²) in [7, 11) is 0. The first-order chi connectivity index (χ1) is 9.81. The third-order valence-electron chi connectivity index (χ3n) is 3.71. The van der Waals surface area contributed by atoms with Crippen LogP contribution in [0, 0.1) is 0 Å². The van der Waals surface area contributed by atoms with Crippen molar-refractivity contribution >= 4 is 11.0 Å². The minimum atomic E-state index is -1.08. The van der Waals surface area contributed by atoms with Gasteiger partial charge in [0.05, 0.1) is 5.60 Å². The van der Waals surface area contributed by atoms with Crippen molar-refractivity contribution in [3.8, 4) is 11.5 Å². The Labute approximate surface area is 120 Å². The Hall–Kier alpha value is -2.05. The first-order valence-corrected chi connectivity index (χ1v) is 6.62. The van der Waals surface area contributed by atoms with Crippen molar-refractivity contribution in [1.29, 1.82) is 0 Å². The van der Waals surface area contributed by atoms with Gasteiger partial charge in [-0.2, -0.15) is 0 Å². The smallest absolute Gasteiger partial charge is 0.196 e. The molecule has 0 fully saturated rings. The van der Waals surface area contributed by atoms with E-state index in [9.17, 15) is 15.0 Å². The number of aliphatic hydroxyl groups excluding tert-OH is 1. The Balaban J connectivity index is 2.21. The lowest BCUT2D eigenvalue weighted by Gasteiger charge is -2.24. The van der Waals surface area contributed by atoms with E-state index in [2.05, 4.69) is 0 Å². The second-order valence-corrected chi connectivity index (χ2v) is 5.77. The van der Waals surface area contributed by atoms with Crippen molar-refractivity contribution in [3.63, 3.8) is 0 Å². The van der Waals surface area contributed by atoms with Crippen LogP contribution in [0.25, 0.3) is 11.0 Å². The molecule has 0 radical (unpaired) electrons. The largest absolute Gasteiger partial charge is 0.507 e. The van der Waals surface area contributed by atoms with E-state index < -0.39 is 23.7 Å². The fourth-order valence-corrected chi connectivity index (χ4v) is 2.52. The number of benzene rings is 1. The topological polar surface area (TPSA) is 100 Å². The summed E-state index contributed by atoms with van der Waals surface area (Å²) in [6, 6.07) is 2.66. The zero-order valence-corrected chi connectivity index (χ0v) is 11.7. The molecule has 0 saturated carbocycles. The molecule has 112 valence electrons. The highest BCUT2D eigenvalue weighted by Gasteiger charge is 2.37. The van der Waals surface area contributed by atoms with E-state index in [0.717, 1.165) is 6.07 Å². The number of rotatable bonds is 2. The lowest BCUT2D eigenvalue weighted by atomic mass is 9.96. The standard InChI is InChI=1S/C15H16O6/c1-15(2,19)12-4-8-10(21-12)5-11-13(14(8)18)9(17)3-7(6-16)20-11/h3,5,12,16,18-19H,4,6H2,1-2H3/t12-/m0/s1. The summed E-state index contributed by atoms with van der Waals surface area (Å²) in [6.07, 6.45) is -0.204. The number of phenols is 1. The second-order valence-electron chi connectivity index (χ2n) is 5.77. The van der Waals surface area contributed by atoms with E-state index >= 15 is 0 Å². The van der Waals surface area contributed by atoms with Gasteiger partial charge in [-0.05, 0) is 13.8 Å². The SMILES string of the molecule is CC(C)(O)[C@@H]1Cc2c(cc3oc(CO)cc(=O)c3c2O)O1. The van der Waals surface area contributed by atoms with Crippen molar-refractivity contribution in [2.45, 2.75) is 38.6 Å². The molecule has 2 aromatic rings. The molecule has 0 amide bonds. The van der Waals surface area contributed by atoms with Gasteiger partial charge in [-0.15, -0.1) is 0 Å². The van der Waals surface area contributed by atoms with Crippen molar-refractivity contribution in [1.82, 2.24) is 0 Å². The third-order valence-corrected chi connectivity index (χ3v) is 3.71. The van der Waals surface area contributed by atoms with Crippen molar-refractivity contribution in [3.05, 3.63) is 33.7 Å². The van der Waals surface area contributed by atoms with Gasteiger partial charge < -0.3 is 24.5 Å². The molecule has 1 aromatic heterocycles. The quantitative estimate of drug-likeness (QED) is 0.765. The van der Waals surface area contributed by atoms with Crippen molar-refractivity contribution in [2.75, 3.05) is 0 Å². The van der Waals surface area contributed by atoms with Crippen LogP contribution in [0.1, 0.15) is 25.2 Å². The minimum Gasteiger partial charge on any atom is -0.507 e. The fourth-order valence-electron chi connectivity index (χ4n) is 2.52. The molecular weight excluding hydrogens is 276 g/mol. The molecule has 3 rings (SSSR count). The Bertz CT molecular complexity index is 768. The summed E-state index contributed by atoms with van der Waals surface area (Å²) in [5, 5.41) is 29.5. The molecule has 0 aliphatic carbocycles. The number of ether oxygens (including phenoxy) is 1. The van der Waals surface area contributed by atoms with E-state index in [1.165, 1.54) is 6.07 Å². The van der Waals surface area contributed by atoms with Gasteiger partial charge in [0, 0.05) is 24.1 Å². The summed E-state index contributed by atoms with van der Waals surface area (Å²) in [6.45, 7) is 2.83. The molecule has 0 saturated heterocycles. The number of phenolic OH excluding ortho intramolecular Hbond substituents is 1. The lowest BCUT2D eigenvalue weighted by molar-refractivity contribution is -0.0229. The van der Waals surface area contributed by atoms with Gasteiger partial charge in [-0.3, -0.25) is 4.79 Å².